The zero-order chi connectivity index (χ0) is 11.5. The molecule has 0 unspecified atom stereocenters. The summed E-state index contributed by atoms with van der Waals surface area (Å²) in [5.41, 5.74) is 0.698. The van der Waals surface area contributed by atoms with Gasteiger partial charge in [-0.3, -0.25) is 0 Å². The van der Waals surface area contributed by atoms with Gasteiger partial charge in [-0.25, -0.2) is 8.78 Å². The Labute approximate surface area is 92.3 Å². The third-order valence-corrected chi connectivity index (χ3v) is 2.29. The van der Waals surface area contributed by atoms with Gasteiger partial charge in [0, 0.05) is 11.1 Å². The molecule has 0 aliphatic heterocycles. The Hall–Kier alpha value is -1.90. The van der Waals surface area contributed by atoms with Crippen molar-refractivity contribution in [1.82, 2.24) is 0 Å². The van der Waals surface area contributed by atoms with Gasteiger partial charge in [0.2, 0.25) is 0 Å². The van der Waals surface area contributed by atoms with Gasteiger partial charge in [0.25, 0.3) is 0 Å². The minimum atomic E-state index is -0.869. The molecule has 0 aromatic heterocycles. The van der Waals surface area contributed by atoms with Crippen LogP contribution in [0.5, 0.6) is 5.75 Å². The van der Waals surface area contributed by atoms with Crippen molar-refractivity contribution in [2.75, 3.05) is 7.11 Å². The van der Waals surface area contributed by atoms with Crippen LogP contribution in [0.1, 0.15) is 0 Å². The normalized spacial score (nSPS) is 10.2. The van der Waals surface area contributed by atoms with Gasteiger partial charge in [-0.2, -0.15) is 0 Å². The lowest BCUT2D eigenvalue weighted by Gasteiger charge is -2.08. The van der Waals surface area contributed by atoms with Crippen molar-refractivity contribution in [3.05, 3.63) is 54.1 Å². The molecule has 0 saturated carbocycles. The molecule has 1 nitrogen and oxygen atoms in total. The number of ether oxygens (including phenoxy) is 1. The molecule has 0 heterocycles. The molecule has 16 heavy (non-hydrogen) atoms. The van der Waals surface area contributed by atoms with E-state index in [2.05, 4.69) is 6.07 Å². The number of benzene rings is 2. The van der Waals surface area contributed by atoms with Crippen LogP contribution < -0.4 is 4.74 Å². The highest BCUT2D eigenvalue weighted by molar-refractivity contribution is 5.70. The minimum absolute atomic E-state index is 0.186. The monoisotopic (exact) mass is 219 g/mol. The average Bonchev–Trinajstić information content (AvgIpc) is 2.33. The summed E-state index contributed by atoms with van der Waals surface area (Å²) in [5, 5.41) is 0. The number of methoxy groups -OCH3 is 1. The summed E-state index contributed by atoms with van der Waals surface area (Å²) in [4.78, 5) is 0. The first-order chi connectivity index (χ1) is 7.74. The molecular formula is C13H9F2O. The fourth-order valence-corrected chi connectivity index (χ4v) is 1.52. The highest BCUT2D eigenvalue weighted by Gasteiger charge is 2.12. The Balaban J connectivity index is 2.63. The van der Waals surface area contributed by atoms with Crippen molar-refractivity contribution in [1.29, 1.82) is 0 Å². The molecule has 81 valence electrons. The smallest absolute Gasteiger partial charge is 0.166 e. The van der Waals surface area contributed by atoms with Crippen LogP contribution in [0.15, 0.2) is 36.4 Å². The van der Waals surface area contributed by atoms with Crippen LogP contribution in [0.25, 0.3) is 11.1 Å². The van der Waals surface area contributed by atoms with Crippen molar-refractivity contribution in [2.24, 2.45) is 0 Å². The molecule has 2 rings (SSSR count). The second kappa shape index (κ2) is 4.31. The molecule has 0 saturated heterocycles. The Bertz CT molecular complexity index is 509. The first-order valence-electron chi connectivity index (χ1n) is 4.72. The van der Waals surface area contributed by atoms with Gasteiger partial charge >= 0.3 is 0 Å². The van der Waals surface area contributed by atoms with Crippen LogP contribution in [-0.2, 0) is 0 Å². The highest BCUT2D eigenvalue weighted by Crippen LogP contribution is 2.31. The summed E-state index contributed by atoms with van der Waals surface area (Å²) in [6.45, 7) is 0. The van der Waals surface area contributed by atoms with Gasteiger partial charge in [0.05, 0.1) is 7.11 Å². The molecule has 0 aliphatic rings. The highest BCUT2D eigenvalue weighted by atomic mass is 19.2. The molecule has 2 aromatic rings. The van der Waals surface area contributed by atoms with Crippen molar-refractivity contribution < 1.29 is 13.5 Å². The Morgan fingerprint density at radius 1 is 1.12 bits per heavy atom. The van der Waals surface area contributed by atoms with E-state index in [1.165, 1.54) is 19.2 Å². The molecule has 2 aromatic carbocycles. The van der Waals surface area contributed by atoms with Gasteiger partial charge in [0.15, 0.2) is 11.6 Å². The maximum atomic E-state index is 13.6. The first kappa shape index (κ1) is 10.6. The molecule has 0 spiro atoms. The van der Waals surface area contributed by atoms with Crippen LogP contribution in [0, 0.1) is 17.7 Å². The first-order valence-corrected chi connectivity index (χ1v) is 4.72. The third-order valence-electron chi connectivity index (χ3n) is 2.29. The summed E-state index contributed by atoms with van der Waals surface area (Å²) in [6, 6.07) is 11.7. The number of hydrogen-bond donors (Lipinski definition) is 0. The Morgan fingerprint density at radius 3 is 2.69 bits per heavy atom. The van der Waals surface area contributed by atoms with Gasteiger partial charge in [0.1, 0.15) is 5.75 Å². The molecule has 0 aliphatic carbocycles. The molecule has 0 fully saturated rings. The van der Waals surface area contributed by atoms with E-state index in [-0.39, 0.29) is 5.56 Å². The van der Waals surface area contributed by atoms with E-state index in [4.69, 9.17) is 4.74 Å². The van der Waals surface area contributed by atoms with E-state index < -0.39 is 11.6 Å². The molecule has 3 heteroatoms. The predicted octanol–water partition coefficient (Wildman–Crippen LogP) is 3.44. The van der Waals surface area contributed by atoms with Crippen LogP contribution in [-0.4, -0.2) is 7.11 Å². The van der Waals surface area contributed by atoms with Crippen molar-refractivity contribution >= 4 is 0 Å². The van der Waals surface area contributed by atoms with Crippen molar-refractivity contribution in [2.45, 2.75) is 0 Å². The summed E-state index contributed by atoms with van der Waals surface area (Å²) < 4.78 is 31.7. The average molecular weight is 219 g/mol. The van der Waals surface area contributed by atoms with Crippen LogP contribution >= 0.6 is 0 Å². The summed E-state index contributed by atoms with van der Waals surface area (Å²) >= 11 is 0. The Kier molecular flexibility index (Phi) is 2.86. The maximum Gasteiger partial charge on any atom is 0.166 e. The van der Waals surface area contributed by atoms with Crippen molar-refractivity contribution in [3.8, 4) is 16.9 Å². The quantitative estimate of drug-likeness (QED) is 0.751. The van der Waals surface area contributed by atoms with Gasteiger partial charge in [-0.05, 0) is 24.3 Å². The largest absolute Gasteiger partial charge is 0.496 e. The predicted molar refractivity (Wildman–Crippen MR) is 57.2 cm³/mol. The lowest BCUT2D eigenvalue weighted by Crippen LogP contribution is -1.92. The van der Waals surface area contributed by atoms with Gasteiger partial charge < -0.3 is 4.74 Å². The lowest BCUT2D eigenvalue weighted by molar-refractivity contribution is 0.416. The third kappa shape index (κ3) is 1.76. The van der Waals surface area contributed by atoms with Crippen molar-refractivity contribution in [3.63, 3.8) is 0 Å². The molecule has 0 atom stereocenters. The SMILES string of the molecule is COc1c[c]ccc1-c1cccc(F)c1F. The fourth-order valence-electron chi connectivity index (χ4n) is 1.52. The van der Waals surface area contributed by atoms with Gasteiger partial charge in [-0.1, -0.05) is 18.2 Å². The zero-order valence-electron chi connectivity index (χ0n) is 8.63. The maximum absolute atomic E-state index is 13.6. The molecule has 0 N–H and O–H groups in total. The van der Waals surface area contributed by atoms with Crippen LogP contribution in [0.3, 0.4) is 0 Å². The van der Waals surface area contributed by atoms with E-state index in [1.54, 1.807) is 18.2 Å². The van der Waals surface area contributed by atoms with Gasteiger partial charge in [-0.15, -0.1) is 0 Å². The van der Waals surface area contributed by atoms with E-state index in [0.29, 0.717) is 11.3 Å². The minimum Gasteiger partial charge on any atom is -0.496 e. The second-order valence-corrected chi connectivity index (χ2v) is 3.23. The van der Waals surface area contributed by atoms with E-state index in [0.717, 1.165) is 6.07 Å². The molecular weight excluding hydrogens is 210 g/mol. The Morgan fingerprint density at radius 2 is 1.94 bits per heavy atom. The van der Waals surface area contributed by atoms with E-state index in [1.807, 2.05) is 0 Å². The summed E-state index contributed by atoms with van der Waals surface area (Å²) in [7, 11) is 1.48. The number of hydrogen-bond acceptors (Lipinski definition) is 1. The van der Waals surface area contributed by atoms with Crippen LogP contribution in [0.2, 0.25) is 0 Å². The summed E-state index contributed by atoms with van der Waals surface area (Å²) in [6.07, 6.45) is 0. The topological polar surface area (TPSA) is 9.23 Å². The van der Waals surface area contributed by atoms with Crippen LogP contribution in [0.4, 0.5) is 8.78 Å². The molecule has 0 amide bonds. The molecule has 0 bridgehead atoms. The van der Waals surface area contributed by atoms with E-state index in [9.17, 15) is 8.78 Å². The standard InChI is InChI=1S/C13H9F2O/c1-16-12-8-3-2-5-9(12)10-6-4-7-11(14)13(10)15/h2,4-8H,1H3. The number of rotatable bonds is 2. The zero-order valence-corrected chi connectivity index (χ0v) is 8.63. The lowest BCUT2D eigenvalue weighted by atomic mass is 10.0. The van der Waals surface area contributed by atoms with E-state index >= 15 is 0 Å². The summed E-state index contributed by atoms with van der Waals surface area (Å²) in [5.74, 6) is -1.27. The molecule has 1 radical (unpaired) electrons. The second-order valence-electron chi connectivity index (χ2n) is 3.23. The fraction of sp³-hybridized carbons (Fsp3) is 0.0769. The number of halogens is 2.